The van der Waals surface area contributed by atoms with Crippen LogP contribution in [0.15, 0.2) is 16.6 Å². The van der Waals surface area contributed by atoms with Crippen LogP contribution in [0.2, 0.25) is 0 Å². The van der Waals surface area contributed by atoms with E-state index in [4.69, 9.17) is 0 Å². The third-order valence-electron chi connectivity index (χ3n) is 3.82. The Hall–Kier alpha value is -1.14. The summed E-state index contributed by atoms with van der Waals surface area (Å²) in [7, 11) is 0. The molecule has 0 bridgehead atoms. The van der Waals surface area contributed by atoms with Gasteiger partial charge in [0.05, 0.1) is 11.0 Å². The molecule has 1 aliphatic carbocycles. The van der Waals surface area contributed by atoms with Gasteiger partial charge in [-0.25, -0.2) is 0 Å². The molecule has 110 valence electrons. The zero-order valence-corrected chi connectivity index (χ0v) is 13.0. The molecule has 0 radical (unpaired) electrons. The summed E-state index contributed by atoms with van der Waals surface area (Å²) in [6, 6.07) is 3.33. The summed E-state index contributed by atoms with van der Waals surface area (Å²) in [5, 5.41) is 23.9. The molecule has 1 aliphatic rings. The van der Waals surface area contributed by atoms with Gasteiger partial charge in [-0.05, 0) is 54.1 Å². The maximum Gasteiger partial charge on any atom is 0.273 e. The number of nitro groups is 1. The van der Waals surface area contributed by atoms with E-state index in [1.807, 2.05) is 0 Å². The number of nitrogens with one attached hydrogen (secondary N) is 1. The van der Waals surface area contributed by atoms with E-state index in [1.54, 1.807) is 13.0 Å². The van der Waals surface area contributed by atoms with Crippen LogP contribution in [0.1, 0.15) is 31.2 Å². The van der Waals surface area contributed by atoms with Crippen LogP contribution < -0.4 is 5.32 Å². The second kappa shape index (κ2) is 6.54. The minimum Gasteiger partial charge on any atom is -0.393 e. The first-order valence-electron chi connectivity index (χ1n) is 6.84. The molecule has 2 N–H and O–H groups in total. The number of hydrogen-bond acceptors (Lipinski definition) is 4. The van der Waals surface area contributed by atoms with E-state index in [0.717, 1.165) is 37.9 Å². The van der Waals surface area contributed by atoms with Crippen molar-refractivity contribution in [3.63, 3.8) is 0 Å². The minimum atomic E-state index is -0.374. The van der Waals surface area contributed by atoms with Crippen molar-refractivity contribution in [1.82, 2.24) is 0 Å². The van der Waals surface area contributed by atoms with E-state index in [9.17, 15) is 15.2 Å². The molecule has 1 fully saturated rings. The van der Waals surface area contributed by atoms with Crippen molar-refractivity contribution in [2.45, 2.75) is 38.7 Å². The second-order valence-corrected chi connectivity index (χ2v) is 6.30. The van der Waals surface area contributed by atoms with Gasteiger partial charge < -0.3 is 10.4 Å². The summed E-state index contributed by atoms with van der Waals surface area (Å²) >= 11 is 3.37. The van der Waals surface area contributed by atoms with Gasteiger partial charge in [-0.1, -0.05) is 6.42 Å². The van der Waals surface area contributed by atoms with Gasteiger partial charge in [-0.3, -0.25) is 10.1 Å². The van der Waals surface area contributed by atoms with Gasteiger partial charge in [-0.2, -0.15) is 0 Å². The van der Waals surface area contributed by atoms with Crippen LogP contribution in [0.4, 0.5) is 11.4 Å². The van der Waals surface area contributed by atoms with Gasteiger partial charge in [-0.15, -0.1) is 0 Å². The first-order chi connectivity index (χ1) is 9.47. The monoisotopic (exact) mass is 342 g/mol. The fourth-order valence-electron chi connectivity index (χ4n) is 2.71. The van der Waals surface area contributed by atoms with Crippen molar-refractivity contribution in [2.75, 3.05) is 11.9 Å². The molecule has 1 saturated carbocycles. The summed E-state index contributed by atoms with van der Waals surface area (Å²) in [6.07, 6.45) is 3.73. The average Bonchev–Trinajstić information content (AvgIpc) is 2.39. The first kappa shape index (κ1) is 15.3. The van der Waals surface area contributed by atoms with E-state index in [-0.39, 0.29) is 16.7 Å². The van der Waals surface area contributed by atoms with Gasteiger partial charge in [0.1, 0.15) is 0 Å². The number of aliphatic hydroxyl groups is 1. The third-order valence-corrected chi connectivity index (χ3v) is 4.47. The van der Waals surface area contributed by atoms with Crippen LogP contribution >= 0.6 is 15.9 Å². The van der Waals surface area contributed by atoms with Gasteiger partial charge in [0, 0.05) is 28.3 Å². The number of aryl methyl sites for hydroxylation is 1. The summed E-state index contributed by atoms with van der Waals surface area (Å²) in [6.45, 7) is 2.52. The molecular weight excluding hydrogens is 324 g/mol. The summed E-state index contributed by atoms with van der Waals surface area (Å²) in [4.78, 5) is 10.5. The third kappa shape index (κ3) is 3.70. The Bertz CT molecular complexity index is 507. The van der Waals surface area contributed by atoms with Crippen LogP contribution in [-0.2, 0) is 0 Å². The standard InChI is InChI=1S/C14H19BrN2O3/c1-9-5-13(12(15)7-14(9)17(19)20)16-8-10-3-2-4-11(18)6-10/h5,7,10-11,16,18H,2-4,6,8H2,1H3. The summed E-state index contributed by atoms with van der Waals surface area (Å²) in [5.74, 6) is 0.459. The normalized spacial score (nSPS) is 22.6. The molecule has 1 aromatic carbocycles. The molecule has 1 aromatic rings. The highest BCUT2D eigenvalue weighted by atomic mass is 79.9. The lowest BCUT2D eigenvalue weighted by molar-refractivity contribution is -0.385. The summed E-state index contributed by atoms with van der Waals surface area (Å²) in [5.41, 5.74) is 1.63. The molecule has 20 heavy (non-hydrogen) atoms. The Morgan fingerprint density at radius 1 is 1.50 bits per heavy atom. The molecule has 0 spiro atoms. The fraction of sp³-hybridized carbons (Fsp3) is 0.571. The van der Waals surface area contributed by atoms with Crippen LogP contribution in [0.5, 0.6) is 0 Å². The number of anilines is 1. The molecule has 0 aliphatic heterocycles. The zero-order valence-electron chi connectivity index (χ0n) is 11.4. The molecule has 0 heterocycles. The zero-order chi connectivity index (χ0) is 14.7. The van der Waals surface area contributed by atoms with Crippen molar-refractivity contribution < 1.29 is 10.0 Å². The van der Waals surface area contributed by atoms with Crippen molar-refractivity contribution in [1.29, 1.82) is 0 Å². The van der Waals surface area contributed by atoms with E-state index >= 15 is 0 Å². The number of hydrogen-bond donors (Lipinski definition) is 2. The Labute approximate surface area is 126 Å². The highest BCUT2D eigenvalue weighted by Gasteiger charge is 2.20. The van der Waals surface area contributed by atoms with Crippen LogP contribution in [-0.4, -0.2) is 22.7 Å². The molecule has 0 amide bonds. The topological polar surface area (TPSA) is 75.4 Å². The SMILES string of the molecule is Cc1cc(NCC2CCCC(O)C2)c(Br)cc1[N+](=O)[O-]. The lowest BCUT2D eigenvalue weighted by Gasteiger charge is -2.26. The predicted molar refractivity (Wildman–Crippen MR) is 82.0 cm³/mol. The minimum absolute atomic E-state index is 0.121. The molecule has 0 saturated heterocycles. The number of benzene rings is 1. The molecule has 0 aromatic heterocycles. The van der Waals surface area contributed by atoms with Crippen LogP contribution in [0.25, 0.3) is 0 Å². The molecular formula is C14H19BrN2O3. The van der Waals surface area contributed by atoms with E-state index < -0.39 is 0 Å². The van der Waals surface area contributed by atoms with E-state index in [0.29, 0.717) is 16.0 Å². The maximum absolute atomic E-state index is 10.9. The fourth-order valence-corrected chi connectivity index (χ4v) is 3.18. The van der Waals surface area contributed by atoms with Crippen LogP contribution in [0.3, 0.4) is 0 Å². The largest absolute Gasteiger partial charge is 0.393 e. The highest BCUT2D eigenvalue weighted by Crippen LogP contribution is 2.31. The smallest absolute Gasteiger partial charge is 0.273 e. The van der Waals surface area contributed by atoms with Gasteiger partial charge in [0.15, 0.2) is 0 Å². The summed E-state index contributed by atoms with van der Waals surface area (Å²) < 4.78 is 0.700. The van der Waals surface area contributed by atoms with Crippen LogP contribution in [0, 0.1) is 23.0 Å². The van der Waals surface area contributed by atoms with E-state index in [2.05, 4.69) is 21.2 Å². The molecule has 2 unspecified atom stereocenters. The van der Waals surface area contributed by atoms with Gasteiger partial charge in [0.25, 0.3) is 5.69 Å². The molecule has 6 heteroatoms. The highest BCUT2D eigenvalue weighted by molar-refractivity contribution is 9.10. The Morgan fingerprint density at radius 3 is 2.90 bits per heavy atom. The van der Waals surface area contributed by atoms with E-state index in [1.165, 1.54) is 6.07 Å². The number of aliphatic hydroxyl groups excluding tert-OH is 1. The van der Waals surface area contributed by atoms with Crippen molar-refractivity contribution in [3.05, 3.63) is 32.3 Å². The van der Waals surface area contributed by atoms with Crippen molar-refractivity contribution in [3.8, 4) is 0 Å². The van der Waals surface area contributed by atoms with Crippen molar-refractivity contribution >= 4 is 27.3 Å². The Balaban J connectivity index is 2.02. The lowest BCUT2D eigenvalue weighted by atomic mass is 9.87. The number of nitrogens with zero attached hydrogens (tertiary/aromatic N) is 1. The average molecular weight is 343 g/mol. The lowest BCUT2D eigenvalue weighted by Crippen LogP contribution is -2.25. The molecule has 2 atom stereocenters. The molecule has 2 rings (SSSR count). The quantitative estimate of drug-likeness (QED) is 0.647. The van der Waals surface area contributed by atoms with Gasteiger partial charge >= 0.3 is 0 Å². The number of halogens is 1. The maximum atomic E-state index is 10.9. The second-order valence-electron chi connectivity index (χ2n) is 5.44. The van der Waals surface area contributed by atoms with Gasteiger partial charge in [0.2, 0.25) is 0 Å². The number of rotatable bonds is 4. The Kier molecular flexibility index (Phi) is 4.99. The predicted octanol–water partition coefficient (Wildman–Crippen LogP) is 3.63. The molecule has 5 nitrogen and oxygen atoms in total. The first-order valence-corrected chi connectivity index (χ1v) is 7.63. The number of nitro benzene ring substituents is 1. The Morgan fingerprint density at radius 2 is 2.25 bits per heavy atom. The van der Waals surface area contributed by atoms with Crippen molar-refractivity contribution in [2.24, 2.45) is 5.92 Å².